The molecule has 0 radical (unpaired) electrons. The Labute approximate surface area is 273 Å². The number of fused-ring (bicyclic) bond motifs is 1. The van der Waals surface area contributed by atoms with E-state index in [4.69, 9.17) is 17.2 Å². The van der Waals surface area contributed by atoms with Crippen molar-refractivity contribution in [1.82, 2.24) is 15.1 Å². The normalized spacial score (nSPS) is 12.3. The van der Waals surface area contributed by atoms with Crippen LogP contribution in [0.25, 0.3) is 10.8 Å². The number of carbonyl (C=O) groups is 4. The number of hydrogen-bond donors (Lipinski definition) is 4. The van der Waals surface area contributed by atoms with Crippen molar-refractivity contribution >= 4 is 45.9 Å². The number of urea groups is 1. The summed E-state index contributed by atoms with van der Waals surface area (Å²) in [4.78, 5) is 57.5. The largest absolute Gasteiger partial charge is 0.351 e. The zero-order valence-electron chi connectivity index (χ0n) is 26.1. The van der Waals surface area contributed by atoms with Gasteiger partial charge in [0.2, 0.25) is 5.91 Å². The third-order valence-corrected chi connectivity index (χ3v) is 8.87. The molecule has 5 amide bonds. The van der Waals surface area contributed by atoms with Gasteiger partial charge in [0.25, 0.3) is 11.8 Å². The van der Waals surface area contributed by atoms with Gasteiger partial charge in [-0.05, 0) is 64.9 Å². The summed E-state index contributed by atoms with van der Waals surface area (Å²) < 4.78 is 0. The van der Waals surface area contributed by atoms with Crippen LogP contribution in [0, 0.1) is 0 Å². The Morgan fingerprint density at radius 3 is 2.28 bits per heavy atom. The molecule has 7 N–H and O–H groups in total. The maximum atomic E-state index is 14.4. The molecule has 242 valence electrons. The minimum Gasteiger partial charge on any atom is -0.351 e. The van der Waals surface area contributed by atoms with Crippen LogP contribution in [0.1, 0.15) is 45.6 Å². The van der Waals surface area contributed by atoms with E-state index in [2.05, 4.69) is 5.32 Å². The van der Waals surface area contributed by atoms with Crippen LogP contribution >= 0.6 is 11.3 Å². The fourth-order valence-corrected chi connectivity index (χ4v) is 6.13. The van der Waals surface area contributed by atoms with Crippen LogP contribution in [0.3, 0.4) is 0 Å². The van der Waals surface area contributed by atoms with Gasteiger partial charge in [0.15, 0.2) is 0 Å². The van der Waals surface area contributed by atoms with Crippen molar-refractivity contribution in [3.63, 3.8) is 0 Å². The molecule has 2 atom stereocenters. The second kappa shape index (κ2) is 16.6. The second-order valence-corrected chi connectivity index (χ2v) is 12.3. The van der Waals surface area contributed by atoms with E-state index in [0.29, 0.717) is 18.5 Å². The summed E-state index contributed by atoms with van der Waals surface area (Å²) in [5.41, 5.74) is 19.1. The molecular weight excluding hydrogens is 600 g/mol. The molecule has 11 heteroatoms. The highest BCUT2D eigenvalue weighted by Crippen LogP contribution is 2.20. The summed E-state index contributed by atoms with van der Waals surface area (Å²) in [7, 11) is 1.53. The van der Waals surface area contributed by atoms with Gasteiger partial charge in [-0.3, -0.25) is 19.3 Å². The van der Waals surface area contributed by atoms with Crippen LogP contribution in [0.2, 0.25) is 0 Å². The first-order valence-corrected chi connectivity index (χ1v) is 16.3. The molecule has 4 rings (SSSR count). The number of rotatable bonds is 15. The Balaban J connectivity index is 1.66. The topological polar surface area (TPSA) is 165 Å². The molecule has 46 heavy (non-hydrogen) atoms. The monoisotopic (exact) mass is 642 g/mol. The molecule has 0 bridgehead atoms. The lowest BCUT2D eigenvalue weighted by molar-refractivity contribution is -0.143. The molecule has 10 nitrogen and oxygen atoms in total. The number of primary amides is 1. The van der Waals surface area contributed by atoms with Crippen LogP contribution in [-0.2, 0) is 29.0 Å². The molecule has 1 aromatic heterocycles. The maximum absolute atomic E-state index is 14.4. The summed E-state index contributed by atoms with van der Waals surface area (Å²) in [5.74, 6) is -1.49. The molecule has 1 heterocycles. The van der Waals surface area contributed by atoms with Gasteiger partial charge in [0.1, 0.15) is 12.1 Å². The third-order valence-electron chi connectivity index (χ3n) is 7.97. The van der Waals surface area contributed by atoms with Gasteiger partial charge in [0.05, 0.1) is 0 Å². The average molecular weight is 643 g/mol. The summed E-state index contributed by atoms with van der Waals surface area (Å²) in [5, 5.41) is 6.85. The predicted molar refractivity (Wildman–Crippen MR) is 182 cm³/mol. The summed E-state index contributed by atoms with van der Waals surface area (Å²) in [6.07, 6.45) is 2.37. The van der Waals surface area contributed by atoms with Gasteiger partial charge in [-0.1, -0.05) is 67.1 Å². The number of benzene rings is 3. The number of likely N-dealkylation sites (N-methyl/N-ethyl adjacent to an activating group) is 1. The van der Waals surface area contributed by atoms with Crippen molar-refractivity contribution in [2.24, 2.45) is 17.2 Å². The Bertz CT molecular complexity index is 1640. The predicted octanol–water partition coefficient (Wildman–Crippen LogP) is 3.81. The lowest BCUT2D eigenvalue weighted by Gasteiger charge is -2.33. The smallest absolute Gasteiger partial charge is 0.321 e. The van der Waals surface area contributed by atoms with Crippen molar-refractivity contribution in [2.45, 2.75) is 50.7 Å². The Morgan fingerprint density at radius 2 is 1.59 bits per heavy atom. The van der Waals surface area contributed by atoms with E-state index in [0.717, 1.165) is 44.5 Å². The second-order valence-electron chi connectivity index (χ2n) is 11.2. The van der Waals surface area contributed by atoms with Gasteiger partial charge < -0.3 is 27.4 Å². The van der Waals surface area contributed by atoms with Gasteiger partial charge >= 0.3 is 6.03 Å². The van der Waals surface area contributed by atoms with E-state index in [1.54, 1.807) is 18.2 Å². The maximum Gasteiger partial charge on any atom is 0.321 e. The lowest BCUT2D eigenvalue weighted by atomic mass is 9.99. The first-order chi connectivity index (χ1) is 22.2. The highest BCUT2D eigenvalue weighted by atomic mass is 32.1. The van der Waals surface area contributed by atoms with Gasteiger partial charge in [0, 0.05) is 43.4 Å². The highest BCUT2D eigenvalue weighted by Gasteiger charge is 2.36. The number of thiophene rings is 1. The molecule has 0 fully saturated rings. The molecule has 3 aromatic carbocycles. The molecule has 0 aliphatic carbocycles. The van der Waals surface area contributed by atoms with Crippen LogP contribution in [0.15, 0.2) is 84.2 Å². The van der Waals surface area contributed by atoms with E-state index in [1.165, 1.54) is 23.3 Å². The van der Waals surface area contributed by atoms with Crippen LogP contribution in [-0.4, -0.2) is 65.8 Å². The van der Waals surface area contributed by atoms with Gasteiger partial charge in [-0.15, -0.1) is 11.3 Å². The van der Waals surface area contributed by atoms with Crippen molar-refractivity contribution in [3.8, 4) is 0 Å². The molecule has 0 spiro atoms. The Hall–Kier alpha value is -4.58. The number of nitrogens with zero attached hydrogens (tertiary/aromatic N) is 2. The van der Waals surface area contributed by atoms with E-state index >= 15 is 0 Å². The minimum absolute atomic E-state index is 0.117. The molecule has 0 aliphatic heterocycles. The number of nitrogens with one attached hydrogen (secondary N) is 1. The average Bonchev–Trinajstić information content (AvgIpc) is 3.59. The standard InChI is InChI=1S/C35H42N6O4S/c1-40(31(22-29-13-8-18-46-29)34(44)41(35(38)45)17-6-2-5-16-36)33(43)30(39-32(42)28-12-7-9-25(20-28)23-37)21-24-14-15-26-10-3-4-11-27(26)19-24/h3-4,7-15,18-20,30-31H,2,5-6,16-17,21-23,36-37H2,1H3,(H2,38,45)(H,39,42). The summed E-state index contributed by atoms with van der Waals surface area (Å²) in [6.45, 7) is 0.883. The number of amides is 5. The van der Waals surface area contributed by atoms with Crippen LogP contribution in [0.4, 0.5) is 4.79 Å². The first-order valence-electron chi connectivity index (χ1n) is 15.4. The summed E-state index contributed by atoms with van der Waals surface area (Å²) in [6, 6.07) is 21.5. The number of nitrogens with two attached hydrogens (primary N) is 3. The SMILES string of the molecule is CN(C(=O)C(Cc1ccc2ccccc2c1)NC(=O)c1cccc(CN)c1)C(Cc1cccs1)C(=O)N(CCCCCN)C(N)=O. The molecule has 2 unspecified atom stereocenters. The number of hydrogen-bond acceptors (Lipinski definition) is 7. The Kier molecular flexibility index (Phi) is 12.4. The van der Waals surface area contributed by atoms with E-state index < -0.39 is 35.8 Å². The fourth-order valence-electron chi connectivity index (χ4n) is 5.39. The van der Waals surface area contributed by atoms with Crippen LogP contribution < -0.4 is 22.5 Å². The quantitative estimate of drug-likeness (QED) is 0.144. The van der Waals surface area contributed by atoms with E-state index in [1.807, 2.05) is 66.0 Å². The third kappa shape index (κ3) is 9.00. The van der Waals surface area contributed by atoms with Crippen LogP contribution in [0.5, 0.6) is 0 Å². The zero-order chi connectivity index (χ0) is 33.1. The van der Waals surface area contributed by atoms with E-state index in [-0.39, 0.29) is 25.9 Å². The molecule has 4 aromatic rings. The van der Waals surface area contributed by atoms with E-state index in [9.17, 15) is 19.2 Å². The van der Waals surface area contributed by atoms with Gasteiger partial charge in [-0.2, -0.15) is 0 Å². The molecule has 0 saturated heterocycles. The lowest BCUT2D eigenvalue weighted by Crippen LogP contribution is -2.57. The van der Waals surface area contributed by atoms with Crippen molar-refractivity contribution in [2.75, 3.05) is 20.1 Å². The summed E-state index contributed by atoms with van der Waals surface area (Å²) >= 11 is 1.45. The highest BCUT2D eigenvalue weighted by molar-refractivity contribution is 7.09. The molecule has 0 saturated carbocycles. The number of imide groups is 1. The van der Waals surface area contributed by atoms with Crippen molar-refractivity contribution in [3.05, 3.63) is 106 Å². The first kappa shape index (κ1) is 34.3. The molecule has 0 aliphatic rings. The minimum atomic E-state index is -1.04. The zero-order valence-corrected chi connectivity index (χ0v) is 26.9. The number of unbranched alkanes of at least 4 members (excludes halogenated alkanes) is 2. The Morgan fingerprint density at radius 1 is 0.804 bits per heavy atom. The molecular formula is C35H42N6O4S. The number of carbonyl (C=O) groups excluding carboxylic acids is 4. The van der Waals surface area contributed by atoms with Crippen molar-refractivity contribution < 1.29 is 19.2 Å². The van der Waals surface area contributed by atoms with Gasteiger partial charge in [-0.25, -0.2) is 4.79 Å². The van der Waals surface area contributed by atoms with Crippen molar-refractivity contribution in [1.29, 1.82) is 0 Å². The fraction of sp³-hybridized carbons (Fsp3) is 0.314.